The van der Waals surface area contributed by atoms with Gasteiger partial charge in [-0.15, -0.1) is 0 Å². The quantitative estimate of drug-likeness (QED) is 0.504. The third-order valence-corrected chi connectivity index (χ3v) is 6.23. The van der Waals surface area contributed by atoms with Gasteiger partial charge in [0.2, 0.25) is 10.0 Å². The third kappa shape index (κ3) is 5.27. The van der Waals surface area contributed by atoms with Crippen LogP contribution in [-0.4, -0.2) is 27.5 Å². The van der Waals surface area contributed by atoms with Crippen molar-refractivity contribution in [2.45, 2.75) is 30.4 Å². The molecule has 3 aromatic rings. The molecule has 0 spiro atoms. The van der Waals surface area contributed by atoms with Crippen molar-refractivity contribution >= 4 is 21.6 Å². The Morgan fingerprint density at radius 2 is 1.88 bits per heavy atom. The summed E-state index contributed by atoms with van der Waals surface area (Å²) in [4.78, 5) is 12.7. The molecule has 168 valence electrons. The summed E-state index contributed by atoms with van der Waals surface area (Å²) in [6.07, 6.45) is 1.62. The zero-order valence-corrected chi connectivity index (χ0v) is 17.9. The molecule has 1 amide bonds. The Balaban J connectivity index is 1.45. The normalized spacial score (nSPS) is 13.6. The van der Waals surface area contributed by atoms with Crippen LogP contribution in [0, 0.1) is 5.82 Å². The number of ether oxygens (including phenoxy) is 2. The molecule has 8 nitrogen and oxygen atoms in total. The number of nitrogens with one attached hydrogen (secondary N) is 2. The number of hydrogen-bond acceptors (Lipinski definition) is 6. The van der Waals surface area contributed by atoms with Gasteiger partial charge in [0.1, 0.15) is 29.7 Å². The van der Waals surface area contributed by atoms with E-state index >= 15 is 0 Å². The van der Waals surface area contributed by atoms with E-state index in [-0.39, 0.29) is 34.8 Å². The molecule has 1 aromatic heterocycles. The van der Waals surface area contributed by atoms with Gasteiger partial charge >= 0.3 is 0 Å². The second kappa shape index (κ2) is 9.01. The van der Waals surface area contributed by atoms with Gasteiger partial charge in [0, 0.05) is 6.04 Å². The Morgan fingerprint density at radius 3 is 2.56 bits per heavy atom. The first-order valence-corrected chi connectivity index (χ1v) is 11.3. The minimum absolute atomic E-state index is 0.00845. The van der Waals surface area contributed by atoms with Crippen LogP contribution in [0.2, 0.25) is 0 Å². The third-order valence-electron chi connectivity index (χ3n) is 4.71. The second-order valence-corrected chi connectivity index (χ2v) is 8.93. The van der Waals surface area contributed by atoms with Crippen molar-refractivity contribution in [3.63, 3.8) is 0 Å². The van der Waals surface area contributed by atoms with Crippen molar-refractivity contribution in [3.8, 4) is 11.5 Å². The lowest BCUT2D eigenvalue weighted by Gasteiger charge is -2.12. The van der Waals surface area contributed by atoms with E-state index in [1.54, 1.807) is 6.07 Å². The molecule has 0 radical (unpaired) electrons. The highest BCUT2D eigenvalue weighted by molar-refractivity contribution is 7.89. The molecule has 1 saturated carbocycles. The van der Waals surface area contributed by atoms with Gasteiger partial charge in [-0.1, -0.05) is 0 Å². The smallest absolute Gasteiger partial charge is 0.291 e. The van der Waals surface area contributed by atoms with Crippen molar-refractivity contribution < 1.29 is 31.5 Å². The van der Waals surface area contributed by atoms with E-state index in [9.17, 15) is 17.6 Å². The van der Waals surface area contributed by atoms with Crippen molar-refractivity contribution in [2.75, 3.05) is 12.4 Å². The number of hydrogen-bond donors (Lipinski definition) is 2. The van der Waals surface area contributed by atoms with Gasteiger partial charge in [-0.05, 0) is 67.4 Å². The zero-order valence-electron chi connectivity index (χ0n) is 17.1. The highest BCUT2D eigenvalue weighted by Gasteiger charge is 2.28. The molecule has 2 N–H and O–H groups in total. The highest BCUT2D eigenvalue weighted by atomic mass is 32.2. The van der Waals surface area contributed by atoms with Crippen LogP contribution in [0.15, 0.2) is 63.9 Å². The van der Waals surface area contributed by atoms with Crippen molar-refractivity contribution in [1.29, 1.82) is 0 Å². The first-order valence-electron chi connectivity index (χ1n) is 9.83. The van der Waals surface area contributed by atoms with Crippen LogP contribution in [-0.2, 0) is 16.6 Å². The summed E-state index contributed by atoms with van der Waals surface area (Å²) in [5.74, 6) is 0.197. The number of rotatable bonds is 9. The number of furan rings is 1. The van der Waals surface area contributed by atoms with Crippen LogP contribution in [0.3, 0.4) is 0 Å². The molecule has 1 heterocycles. The highest BCUT2D eigenvalue weighted by Crippen LogP contribution is 2.29. The summed E-state index contributed by atoms with van der Waals surface area (Å²) < 4.78 is 56.8. The van der Waals surface area contributed by atoms with Crippen LogP contribution >= 0.6 is 0 Å². The van der Waals surface area contributed by atoms with E-state index in [2.05, 4.69) is 10.0 Å². The standard InChI is InChI=1S/C22H21FN2O6S/c1-29-20-11-9-18(32(27,28)25-15-4-5-15)12-19(20)24-22(26)21-10-8-17(31-21)13-30-16-6-2-14(23)3-7-16/h2-3,6-12,15,25H,4-5,13H2,1H3,(H,24,26). The van der Waals surface area contributed by atoms with Gasteiger partial charge in [-0.2, -0.15) is 0 Å². The van der Waals surface area contributed by atoms with Crippen LogP contribution in [0.1, 0.15) is 29.2 Å². The molecule has 32 heavy (non-hydrogen) atoms. The average molecular weight is 460 g/mol. The summed E-state index contributed by atoms with van der Waals surface area (Å²) in [6, 6.07) is 12.8. The van der Waals surface area contributed by atoms with E-state index < -0.39 is 15.9 Å². The van der Waals surface area contributed by atoms with Crippen molar-refractivity contribution in [3.05, 3.63) is 71.9 Å². The summed E-state index contributed by atoms with van der Waals surface area (Å²) in [5, 5.41) is 2.62. The number of halogens is 1. The number of sulfonamides is 1. The van der Waals surface area contributed by atoms with Crippen LogP contribution < -0.4 is 19.5 Å². The molecule has 2 aromatic carbocycles. The van der Waals surface area contributed by atoms with E-state index in [0.717, 1.165) is 12.8 Å². The topological polar surface area (TPSA) is 107 Å². The van der Waals surface area contributed by atoms with E-state index in [4.69, 9.17) is 13.9 Å². The molecule has 0 aliphatic heterocycles. The Morgan fingerprint density at radius 1 is 1.12 bits per heavy atom. The molecule has 0 bridgehead atoms. The van der Waals surface area contributed by atoms with Gasteiger partial charge < -0.3 is 19.2 Å². The van der Waals surface area contributed by atoms with Crippen LogP contribution in [0.25, 0.3) is 0 Å². The minimum atomic E-state index is -3.70. The molecule has 10 heteroatoms. The molecule has 1 aliphatic carbocycles. The summed E-state index contributed by atoms with van der Waals surface area (Å²) in [6.45, 7) is 0.0444. The van der Waals surface area contributed by atoms with Gasteiger partial charge in [-0.3, -0.25) is 4.79 Å². The van der Waals surface area contributed by atoms with E-state index in [0.29, 0.717) is 17.3 Å². The molecule has 0 saturated heterocycles. The Hall–Kier alpha value is -3.37. The van der Waals surface area contributed by atoms with Gasteiger partial charge in [0.25, 0.3) is 5.91 Å². The fourth-order valence-electron chi connectivity index (χ4n) is 2.89. The Labute approximate surface area is 184 Å². The lowest BCUT2D eigenvalue weighted by Crippen LogP contribution is -2.25. The maximum atomic E-state index is 13.0. The largest absolute Gasteiger partial charge is 0.495 e. The molecular weight excluding hydrogens is 439 g/mol. The van der Waals surface area contributed by atoms with Gasteiger partial charge in [0.15, 0.2) is 5.76 Å². The summed E-state index contributed by atoms with van der Waals surface area (Å²) >= 11 is 0. The molecular formula is C22H21FN2O6S. The maximum Gasteiger partial charge on any atom is 0.291 e. The Kier molecular flexibility index (Phi) is 6.15. The number of anilines is 1. The fraction of sp³-hybridized carbons (Fsp3) is 0.227. The monoisotopic (exact) mass is 460 g/mol. The zero-order chi connectivity index (χ0) is 22.7. The lowest BCUT2D eigenvalue weighted by molar-refractivity contribution is 0.0992. The number of amides is 1. The molecule has 0 unspecified atom stereocenters. The van der Waals surface area contributed by atoms with E-state index in [1.165, 1.54) is 55.6 Å². The SMILES string of the molecule is COc1ccc(S(=O)(=O)NC2CC2)cc1NC(=O)c1ccc(COc2ccc(F)cc2)o1. The Bertz CT molecular complexity index is 1220. The predicted molar refractivity (Wildman–Crippen MR) is 114 cm³/mol. The second-order valence-electron chi connectivity index (χ2n) is 7.22. The minimum Gasteiger partial charge on any atom is -0.495 e. The predicted octanol–water partition coefficient (Wildman–Crippen LogP) is 3.70. The number of carbonyl (C=O) groups is 1. The first kappa shape index (κ1) is 21.8. The molecule has 0 atom stereocenters. The summed E-state index contributed by atoms with van der Waals surface area (Å²) in [7, 11) is -2.28. The fourth-order valence-corrected chi connectivity index (χ4v) is 4.22. The lowest BCUT2D eigenvalue weighted by atomic mass is 10.3. The molecule has 1 aliphatic rings. The van der Waals surface area contributed by atoms with Gasteiger partial charge in [-0.25, -0.2) is 17.5 Å². The van der Waals surface area contributed by atoms with E-state index in [1.807, 2.05) is 0 Å². The number of carbonyl (C=O) groups excluding carboxylic acids is 1. The van der Waals surface area contributed by atoms with Crippen LogP contribution in [0.5, 0.6) is 11.5 Å². The summed E-state index contributed by atoms with van der Waals surface area (Å²) in [5.41, 5.74) is 0.191. The number of benzene rings is 2. The van der Waals surface area contributed by atoms with Gasteiger partial charge in [0.05, 0.1) is 17.7 Å². The maximum absolute atomic E-state index is 13.0. The van der Waals surface area contributed by atoms with Crippen LogP contribution in [0.4, 0.5) is 10.1 Å². The number of methoxy groups -OCH3 is 1. The van der Waals surface area contributed by atoms with Crippen molar-refractivity contribution in [1.82, 2.24) is 4.72 Å². The molecule has 4 rings (SSSR count). The first-order chi connectivity index (χ1) is 15.3. The van der Waals surface area contributed by atoms with Crippen molar-refractivity contribution in [2.24, 2.45) is 0 Å². The molecule has 1 fully saturated rings. The average Bonchev–Trinajstić information content (AvgIpc) is 3.44.